The molecule has 0 aliphatic rings. The van der Waals surface area contributed by atoms with Gasteiger partial charge in [-0.1, -0.05) is 0 Å². The molecule has 0 fully saturated rings. The molecule has 0 rings (SSSR count). The third-order valence-corrected chi connectivity index (χ3v) is 6.50. The topological polar surface area (TPSA) is 195 Å². The van der Waals surface area contributed by atoms with Gasteiger partial charge in [-0.25, -0.2) is 9.78 Å². The Kier molecular flexibility index (Phi) is 10.0. The number of carbonyl (C=O) groups excluding carboxylic acids is 3. The van der Waals surface area contributed by atoms with Gasteiger partial charge in [0.05, 0.1) is 0 Å². The third kappa shape index (κ3) is 7.66. The molecule has 0 saturated heterocycles. The smallest absolute Gasteiger partial charge is 0.334 e. The van der Waals surface area contributed by atoms with Gasteiger partial charge in [-0.15, -0.1) is 8.67 Å². The molecule has 0 amide bonds. The Balaban J connectivity index is 5.36. The van der Waals surface area contributed by atoms with E-state index in [1.807, 2.05) is 0 Å². The molecule has 0 spiro atoms. The summed E-state index contributed by atoms with van der Waals surface area (Å²) >= 11 is 0. The van der Waals surface area contributed by atoms with Crippen molar-refractivity contribution in [3.63, 3.8) is 0 Å². The van der Waals surface area contributed by atoms with E-state index in [4.69, 9.17) is 0 Å². The zero-order chi connectivity index (χ0) is 24.7. The van der Waals surface area contributed by atoms with Gasteiger partial charge in [-0.2, -0.15) is 25.6 Å². The number of hydrogen-bond acceptors (Lipinski definition) is 14. The van der Waals surface area contributed by atoms with Crippen LogP contribution in [-0.4, -0.2) is 75.8 Å². The van der Waals surface area contributed by atoms with Crippen LogP contribution in [-0.2, 0) is 62.5 Å². The maximum Gasteiger partial charge on any atom is 0.334 e. The highest BCUT2D eigenvalue weighted by molar-refractivity contribution is 7.88. The third-order valence-electron chi connectivity index (χ3n) is 3.36. The number of aliphatic hydroxyl groups excluding tert-OH is 1. The van der Waals surface area contributed by atoms with E-state index in [2.05, 4.69) is 27.9 Å². The van der Waals surface area contributed by atoms with Gasteiger partial charge in [-0.3, -0.25) is 14.4 Å². The van der Waals surface area contributed by atoms with E-state index in [0.29, 0.717) is 0 Å². The van der Waals surface area contributed by atoms with Gasteiger partial charge in [0.1, 0.15) is 12.7 Å². The molecule has 182 valence electrons. The van der Waals surface area contributed by atoms with Gasteiger partial charge in [0, 0.05) is 0 Å². The molecule has 0 aliphatic heterocycles. The van der Waals surface area contributed by atoms with Crippen molar-refractivity contribution in [2.75, 3.05) is 6.61 Å². The number of ether oxygens (including phenoxy) is 2. The normalized spacial score (nSPS) is 15.6. The van der Waals surface area contributed by atoms with E-state index in [1.54, 1.807) is 0 Å². The molecule has 0 unspecified atom stereocenters. The number of aliphatic hydroxyl groups is 1. The standard InChI is InChI=1S/C13H20F2O14S2/c1-11(2,24-7-17)30(20,21)28-26-5-9(19)10(13(14,15)6-16)27-29-31(22,23)12(3,4)25-8-18/h6-10,19H,5H2,1-4H3/t9-,10+/m0/s1. The second kappa shape index (κ2) is 10.7. The summed E-state index contributed by atoms with van der Waals surface area (Å²) in [7, 11) is -9.85. The molecule has 2 atom stereocenters. The summed E-state index contributed by atoms with van der Waals surface area (Å²) in [5, 5.41) is 9.77. The minimum Gasteiger partial charge on any atom is -0.443 e. The number of hydrogen-bond donors (Lipinski definition) is 1. The van der Waals surface area contributed by atoms with E-state index in [9.17, 15) is 45.1 Å². The van der Waals surface area contributed by atoms with Crippen LogP contribution in [0.1, 0.15) is 27.7 Å². The van der Waals surface area contributed by atoms with Crippen LogP contribution in [0.3, 0.4) is 0 Å². The van der Waals surface area contributed by atoms with Crippen LogP contribution in [0.25, 0.3) is 0 Å². The quantitative estimate of drug-likeness (QED) is 0.152. The molecule has 31 heavy (non-hydrogen) atoms. The molecule has 0 saturated carbocycles. The second-order valence-corrected chi connectivity index (χ2v) is 10.5. The fraction of sp³-hybridized carbons (Fsp3) is 0.769. The van der Waals surface area contributed by atoms with E-state index in [0.717, 1.165) is 27.7 Å². The van der Waals surface area contributed by atoms with Gasteiger partial charge < -0.3 is 14.6 Å². The minimum atomic E-state index is -5.04. The fourth-order valence-corrected chi connectivity index (χ4v) is 2.32. The number of carbonyl (C=O) groups is 3. The first-order valence-corrected chi connectivity index (χ1v) is 10.6. The van der Waals surface area contributed by atoms with Crippen molar-refractivity contribution in [2.45, 2.75) is 55.7 Å². The summed E-state index contributed by atoms with van der Waals surface area (Å²) in [5.41, 5.74) is 0. The lowest BCUT2D eigenvalue weighted by atomic mass is 10.1. The minimum absolute atomic E-state index is 0.224. The van der Waals surface area contributed by atoms with Crippen molar-refractivity contribution in [2.24, 2.45) is 0 Å². The Labute approximate surface area is 175 Å². The Morgan fingerprint density at radius 1 is 0.871 bits per heavy atom. The van der Waals surface area contributed by atoms with Crippen molar-refractivity contribution in [1.82, 2.24) is 0 Å². The Bertz CT molecular complexity index is 836. The maximum absolute atomic E-state index is 13.7. The predicted molar refractivity (Wildman–Crippen MR) is 90.3 cm³/mol. The second-order valence-electron chi connectivity index (χ2n) is 6.43. The molecule has 0 aromatic rings. The van der Waals surface area contributed by atoms with Gasteiger partial charge in [0.25, 0.3) is 12.9 Å². The summed E-state index contributed by atoms with van der Waals surface area (Å²) in [5.74, 6) is -4.58. The first kappa shape index (κ1) is 29.2. The average molecular weight is 502 g/mol. The fourth-order valence-electron chi connectivity index (χ4n) is 1.31. The van der Waals surface area contributed by atoms with Crippen LogP contribution in [0, 0.1) is 0 Å². The first-order chi connectivity index (χ1) is 13.9. The van der Waals surface area contributed by atoms with E-state index < -0.39 is 61.1 Å². The average Bonchev–Trinajstić information content (AvgIpc) is 2.61. The SMILES string of the molecule is CC(C)(OC=O)S(=O)(=O)OOC[C@H](O)[C@@H](OOS(=O)(=O)C(C)(C)OC=O)C(F)(F)C=O. The summed E-state index contributed by atoms with van der Waals surface area (Å²) in [4.78, 5) is 34.6. The Morgan fingerprint density at radius 3 is 1.68 bits per heavy atom. The van der Waals surface area contributed by atoms with Crippen LogP contribution in [0.2, 0.25) is 0 Å². The van der Waals surface area contributed by atoms with Crippen molar-refractivity contribution < 1.29 is 73.0 Å². The van der Waals surface area contributed by atoms with Crippen LogP contribution < -0.4 is 0 Å². The van der Waals surface area contributed by atoms with E-state index >= 15 is 0 Å². The number of halogens is 2. The van der Waals surface area contributed by atoms with Crippen molar-refractivity contribution >= 4 is 39.5 Å². The summed E-state index contributed by atoms with van der Waals surface area (Å²) < 4.78 is 91.1. The molecule has 1 N–H and O–H groups in total. The maximum atomic E-state index is 13.7. The first-order valence-electron chi connectivity index (χ1n) is 7.81. The molecule has 14 nitrogen and oxygen atoms in total. The molecule has 0 heterocycles. The monoisotopic (exact) mass is 502 g/mol. The number of aldehydes is 1. The predicted octanol–water partition coefficient (Wildman–Crippen LogP) is -1.08. The Morgan fingerprint density at radius 2 is 1.29 bits per heavy atom. The highest BCUT2D eigenvalue weighted by Gasteiger charge is 2.49. The molecule has 18 heteroatoms. The lowest BCUT2D eigenvalue weighted by Crippen LogP contribution is -2.49. The van der Waals surface area contributed by atoms with Crippen molar-refractivity contribution in [3.8, 4) is 0 Å². The molecular formula is C13H20F2O14S2. The summed E-state index contributed by atoms with van der Waals surface area (Å²) in [6.45, 7) is 1.37. The van der Waals surface area contributed by atoms with Crippen LogP contribution in [0.15, 0.2) is 0 Å². The van der Waals surface area contributed by atoms with Crippen LogP contribution >= 0.6 is 0 Å². The lowest BCUT2D eigenvalue weighted by Gasteiger charge is -2.27. The number of rotatable bonds is 16. The highest BCUT2D eigenvalue weighted by atomic mass is 32.2. The molecule has 0 radical (unpaired) electrons. The van der Waals surface area contributed by atoms with Crippen molar-refractivity contribution in [3.05, 3.63) is 0 Å². The molecule has 0 aliphatic carbocycles. The summed E-state index contributed by atoms with van der Waals surface area (Å²) in [6.07, 6.45) is -6.70. The highest BCUT2D eigenvalue weighted by Crippen LogP contribution is 2.27. The van der Waals surface area contributed by atoms with Gasteiger partial charge >= 0.3 is 26.2 Å². The van der Waals surface area contributed by atoms with Crippen LogP contribution in [0.4, 0.5) is 8.78 Å². The molecule has 0 bridgehead atoms. The largest absolute Gasteiger partial charge is 0.443 e. The number of alkyl halides is 2. The Hall–Kier alpha value is -1.83. The molecular weight excluding hydrogens is 482 g/mol. The van der Waals surface area contributed by atoms with Crippen molar-refractivity contribution in [1.29, 1.82) is 0 Å². The van der Waals surface area contributed by atoms with Gasteiger partial charge in [0.2, 0.25) is 9.87 Å². The molecule has 0 aromatic carbocycles. The van der Waals surface area contributed by atoms with Crippen LogP contribution in [0.5, 0.6) is 0 Å². The van der Waals surface area contributed by atoms with E-state index in [-0.39, 0.29) is 12.9 Å². The van der Waals surface area contributed by atoms with Gasteiger partial charge in [0.15, 0.2) is 12.4 Å². The zero-order valence-electron chi connectivity index (χ0n) is 16.4. The van der Waals surface area contributed by atoms with E-state index in [1.165, 1.54) is 0 Å². The molecule has 0 aromatic heterocycles. The lowest BCUT2D eigenvalue weighted by molar-refractivity contribution is -0.322. The summed E-state index contributed by atoms with van der Waals surface area (Å²) in [6, 6.07) is 0. The van der Waals surface area contributed by atoms with Gasteiger partial charge in [-0.05, 0) is 27.7 Å². The zero-order valence-corrected chi connectivity index (χ0v) is 18.1.